The zero-order valence-corrected chi connectivity index (χ0v) is 12.4. The summed E-state index contributed by atoms with van der Waals surface area (Å²) in [5.41, 5.74) is 1.09. The topological polar surface area (TPSA) is 47.4 Å². The molecule has 0 bridgehead atoms. The number of imidazole rings is 1. The maximum absolute atomic E-state index is 12.7. The lowest BCUT2D eigenvalue weighted by Crippen LogP contribution is -2.32. The van der Waals surface area contributed by atoms with E-state index in [9.17, 15) is 13.6 Å². The van der Waals surface area contributed by atoms with Crippen LogP contribution < -0.4 is 4.74 Å². The fraction of sp³-hybridized carbons (Fsp3) is 0.333. The number of aromatic nitrogens is 2. The van der Waals surface area contributed by atoms with E-state index in [1.165, 1.54) is 24.3 Å². The van der Waals surface area contributed by atoms with Crippen LogP contribution in [0.2, 0.25) is 0 Å². The monoisotopic (exact) mass is 309 g/mol. The number of carbonyl (C=O) groups is 1. The summed E-state index contributed by atoms with van der Waals surface area (Å²) in [6.07, 6.45) is 2.46. The van der Waals surface area contributed by atoms with Gasteiger partial charge in [0.2, 0.25) is 0 Å². The van der Waals surface area contributed by atoms with Gasteiger partial charge in [-0.2, -0.15) is 8.78 Å². The number of hydrogen-bond donors (Lipinski definition) is 0. The normalized spacial score (nSPS) is 10.8. The molecule has 2 aromatic rings. The Morgan fingerprint density at radius 2 is 2.05 bits per heavy atom. The largest absolute Gasteiger partial charge is 0.484 e. The first-order valence-electron chi connectivity index (χ1n) is 6.70. The number of halogens is 2. The minimum absolute atomic E-state index is 0.00652. The molecule has 1 aromatic carbocycles. The molecule has 1 heterocycles. The predicted molar refractivity (Wildman–Crippen MR) is 76.6 cm³/mol. The number of likely N-dealkylation sites (N-methyl/N-ethyl adjacent to an activating group) is 1. The molecule has 0 saturated heterocycles. The number of nitrogens with zero attached hydrogens (tertiary/aromatic N) is 3. The van der Waals surface area contributed by atoms with Crippen molar-refractivity contribution in [2.24, 2.45) is 0 Å². The maximum atomic E-state index is 12.7. The SMILES string of the molecule is Cc1ccc(OCC(=O)N(C)Cc2nccn2C(F)F)cc1. The maximum Gasteiger partial charge on any atom is 0.319 e. The summed E-state index contributed by atoms with van der Waals surface area (Å²) in [6.45, 7) is -0.888. The van der Waals surface area contributed by atoms with Gasteiger partial charge >= 0.3 is 6.55 Å². The molecule has 22 heavy (non-hydrogen) atoms. The minimum Gasteiger partial charge on any atom is -0.484 e. The zero-order chi connectivity index (χ0) is 16.1. The van der Waals surface area contributed by atoms with Crippen molar-refractivity contribution < 1.29 is 18.3 Å². The highest BCUT2D eigenvalue weighted by atomic mass is 19.3. The van der Waals surface area contributed by atoms with Gasteiger partial charge in [-0.3, -0.25) is 9.36 Å². The van der Waals surface area contributed by atoms with Gasteiger partial charge in [-0.15, -0.1) is 0 Å². The average molecular weight is 309 g/mol. The van der Waals surface area contributed by atoms with Gasteiger partial charge in [0.1, 0.15) is 11.6 Å². The Labute approximate surface area is 127 Å². The first kappa shape index (κ1) is 15.9. The van der Waals surface area contributed by atoms with Crippen LogP contribution in [0.25, 0.3) is 0 Å². The van der Waals surface area contributed by atoms with Crippen LogP contribution >= 0.6 is 0 Å². The van der Waals surface area contributed by atoms with Crippen molar-refractivity contribution in [3.8, 4) is 5.75 Å². The van der Waals surface area contributed by atoms with Crippen molar-refractivity contribution in [1.29, 1.82) is 0 Å². The molecule has 0 unspecified atom stereocenters. The van der Waals surface area contributed by atoms with Crippen molar-refractivity contribution >= 4 is 5.91 Å². The third-order valence-corrected chi connectivity index (χ3v) is 3.15. The van der Waals surface area contributed by atoms with Gasteiger partial charge in [0.05, 0.1) is 6.54 Å². The molecule has 2 rings (SSSR count). The zero-order valence-electron chi connectivity index (χ0n) is 12.4. The second-order valence-electron chi connectivity index (χ2n) is 4.88. The van der Waals surface area contributed by atoms with Crippen LogP contribution in [0, 0.1) is 6.92 Å². The lowest BCUT2D eigenvalue weighted by Gasteiger charge is -2.18. The van der Waals surface area contributed by atoms with Gasteiger partial charge in [-0.05, 0) is 19.1 Å². The van der Waals surface area contributed by atoms with E-state index in [0.29, 0.717) is 5.75 Å². The Morgan fingerprint density at radius 3 is 2.68 bits per heavy atom. The van der Waals surface area contributed by atoms with Crippen molar-refractivity contribution in [3.63, 3.8) is 0 Å². The third-order valence-electron chi connectivity index (χ3n) is 3.15. The molecule has 1 amide bonds. The number of alkyl halides is 2. The Bertz CT molecular complexity index is 626. The first-order chi connectivity index (χ1) is 10.5. The molecule has 0 aliphatic heterocycles. The van der Waals surface area contributed by atoms with Crippen LogP contribution in [-0.4, -0.2) is 34.0 Å². The molecule has 0 radical (unpaired) electrons. The van der Waals surface area contributed by atoms with E-state index < -0.39 is 6.55 Å². The van der Waals surface area contributed by atoms with Crippen molar-refractivity contribution in [2.45, 2.75) is 20.0 Å². The number of amides is 1. The fourth-order valence-corrected chi connectivity index (χ4v) is 1.83. The van der Waals surface area contributed by atoms with E-state index in [1.807, 2.05) is 19.1 Å². The Hall–Kier alpha value is -2.44. The quantitative estimate of drug-likeness (QED) is 0.824. The van der Waals surface area contributed by atoms with Crippen LogP contribution in [0.15, 0.2) is 36.7 Å². The highest BCUT2D eigenvalue weighted by Gasteiger charge is 2.16. The summed E-state index contributed by atoms with van der Waals surface area (Å²) < 4.78 is 31.5. The predicted octanol–water partition coefficient (Wildman–Crippen LogP) is 2.62. The van der Waals surface area contributed by atoms with Crippen molar-refractivity contribution in [2.75, 3.05) is 13.7 Å². The highest BCUT2D eigenvalue weighted by Crippen LogP contribution is 2.14. The molecule has 5 nitrogen and oxygen atoms in total. The number of aryl methyl sites for hydroxylation is 1. The van der Waals surface area contributed by atoms with E-state index in [2.05, 4.69) is 4.98 Å². The van der Waals surface area contributed by atoms with Crippen LogP contribution in [0.1, 0.15) is 17.9 Å². The van der Waals surface area contributed by atoms with Crippen LogP contribution in [0.3, 0.4) is 0 Å². The second kappa shape index (κ2) is 7.02. The standard InChI is InChI=1S/C15H17F2N3O2/c1-11-3-5-12(6-4-11)22-10-14(21)19(2)9-13-18-7-8-20(13)15(16)17/h3-8,15H,9-10H2,1-2H3. The van der Waals surface area contributed by atoms with E-state index in [1.54, 1.807) is 12.1 Å². The third kappa shape index (κ3) is 4.03. The molecule has 0 N–H and O–H groups in total. The van der Waals surface area contributed by atoms with Gasteiger partial charge < -0.3 is 9.64 Å². The lowest BCUT2D eigenvalue weighted by molar-refractivity contribution is -0.132. The van der Waals surface area contributed by atoms with Gasteiger partial charge in [0.15, 0.2) is 6.61 Å². The summed E-state index contributed by atoms with van der Waals surface area (Å²) in [6, 6.07) is 7.30. The number of carbonyl (C=O) groups excluding carboxylic acids is 1. The Morgan fingerprint density at radius 1 is 1.36 bits per heavy atom. The van der Waals surface area contributed by atoms with Gasteiger partial charge in [-0.1, -0.05) is 17.7 Å². The minimum atomic E-state index is -2.68. The molecular formula is C15H17F2N3O2. The Balaban J connectivity index is 1.89. The summed E-state index contributed by atoms with van der Waals surface area (Å²) in [5.74, 6) is 0.395. The summed E-state index contributed by atoms with van der Waals surface area (Å²) in [7, 11) is 1.52. The summed E-state index contributed by atoms with van der Waals surface area (Å²) >= 11 is 0. The number of benzene rings is 1. The molecule has 0 aliphatic carbocycles. The average Bonchev–Trinajstić information content (AvgIpc) is 2.94. The van der Waals surface area contributed by atoms with Gasteiger partial charge in [0.25, 0.3) is 5.91 Å². The molecule has 0 fully saturated rings. The Kier molecular flexibility index (Phi) is 5.08. The van der Waals surface area contributed by atoms with E-state index >= 15 is 0 Å². The summed E-state index contributed by atoms with van der Waals surface area (Å²) in [5, 5.41) is 0. The van der Waals surface area contributed by atoms with Gasteiger partial charge in [-0.25, -0.2) is 4.98 Å². The first-order valence-corrected chi connectivity index (χ1v) is 6.70. The van der Waals surface area contributed by atoms with Crippen LogP contribution in [0.5, 0.6) is 5.75 Å². The van der Waals surface area contributed by atoms with E-state index in [4.69, 9.17) is 4.74 Å². The van der Waals surface area contributed by atoms with E-state index in [-0.39, 0.29) is 24.9 Å². The lowest BCUT2D eigenvalue weighted by atomic mass is 10.2. The van der Waals surface area contributed by atoms with Crippen molar-refractivity contribution in [3.05, 3.63) is 48.0 Å². The smallest absolute Gasteiger partial charge is 0.319 e. The molecule has 0 atom stereocenters. The molecule has 0 saturated carbocycles. The van der Waals surface area contributed by atoms with Gasteiger partial charge in [0, 0.05) is 19.4 Å². The number of hydrogen-bond acceptors (Lipinski definition) is 3. The second-order valence-corrected chi connectivity index (χ2v) is 4.88. The van der Waals surface area contributed by atoms with E-state index in [0.717, 1.165) is 10.1 Å². The van der Waals surface area contributed by atoms with Crippen LogP contribution in [-0.2, 0) is 11.3 Å². The number of ether oxygens (including phenoxy) is 1. The number of rotatable bonds is 6. The molecule has 118 valence electrons. The van der Waals surface area contributed by atoms with Crippen LogP contribution in [0.4, 0.5) is 8.78 Å². The van der Waals surface area contributed by atoms with Crippen molar-refractivity contribution in [1.82, 2.24) is 14.5 Å². The summed E-state index contributed by atoms with van der Waals surface area (Å²) in [4.78, 5) is 17.1. The molecule has 0 spiro atoms. The molecule has 0 aliphatic rings. The fourth-order valence-electron chi connectivity index (χ4n) is 1.83. The highest BCUT2D eigenvalue weighted by molar-refractivity contribution is 5.77. The molecular weight excluding hydrogens is 292 g/mol. The molecule has 1 aromatic heterocycles. The molecule has 7 heteroatoms.